The minimum absolute atomic E-state index is 0.117. The number of H-pyrrole nitrogens is 1. The van der Waals surface area contributed by atoms with Gasteiger partial charge in [-0.2, -0.15) is 0 Å². The minimum atomic E-state index is -0.117. The van der Waals surface area contributed by atoms with Gasteiger partial charge >= 0.3 is 0 Å². The standard InChI is InChI=1S/C18H18N6O2/c1-11-4-7-23(18(25)15-3-6-22-26-15)10-13(11)17-21-9-12-8-20-16-14(24(12)17)2-5-19-16/h2-3,5-6,8-9,11,13,19H,4,7,10H2,1H3/t11-,13+/m1/s1. The molecule has 5 rings (SSSR count). The number of nitrogens with zero attached hydrogens (tertiary/aromatic N) is 5. The van der Waals surface area contributed by atoms with E-state index in [9.17, 15) is 4.79 Å². The lowest BCUT2D eigenvalue weighted by Gasteiger charge is -2.36. The molecule has 1 aliphatic heterocycles. The molecule has 4 aromatic rings. The topological polar surface area (TPSA) is 92.3 Å². The van der Waals surface area contributed by atoms with Gasteiger partial charge in [0.25, 0.3) is 5.91 Å². The average Bonchev–Trinajstić information content (AvgIpc) is 3.40. The van der Waals surface area contributed by atoms with Gasteiger partial charge in [-0.1, -0.05) is 12.1 Å². The number of nitrogens with one attached hydrogen (secondary N) is 1. The van der Waals surface area contributed by atoms with Crippen molar-refractivity contribution in [2.75, 3.05) is 13.1 Å². The summed E-state index contributed by atoms with van der Waals surface area (Å²) in [7, 11) is 0. The zero-order chi connectivity index (χ0) is 17.7. The molecule has 0 saturated carbocycles. The Bertz CT molecular complexity index is 1080. The van der Waals surface area contributed by atoms with Gasteiger partial charge < -0.3 is 14.4 Å². The van der Waals surface area contributed by atoms with Crippen molar-refractivity contribution in [1.82, 2.24) is 29.4 Å². The number of imidazole rings is 1. The smallest absolute Gasteiger partial charge is 0.292 e. The number of carbonyl (C=O) groups is 1. The molecule has 0 unspecified atom stereocenters. The first kappa shape index (κ1) is 15.1. The van der Waals surface area contributed by atoms with E-state index in [-0.39, 0.29) is 17.6 Å². The molecular weight excluding hydrogens is 332 g/mol. The monoisotopic (exact) mass is 350 g/mol. The highest BCUT2D eigenvalue weighted by molar-refractivity contribution is 5.91. The molecule has 2 atom stereocenters. The third-order valence-electron chi connectivity index (χ3n) is 5.31. The average molecular weight is 350 g/mol. The van der Waals surface area contributed by atoms with Crippen LogP contribution in [0.4, 0.5) is 0 Å². The summed E-state index contributed by atoms with van der Waals surface area (Å²) in [5.74, 6) is 1.69. The quantitative estimate of drug-likeness (QED) is 0.599. The molecule has 0 aromatic carbocycles. The molecule has 4 aromatic heterocycles. The van der Waals surface area contributed by atoms with Gasteiger partial charge in [-0.05, 0) is 18.4 Å². The van der Waals surface area contributed by atoms with Crippen LogP contribution in [-0.4, -0.2) is 48.4 Å². The number of carbonyl (C=O) groups excluding carboxylic acids is 1. The Balaban J connectivity index is 1.55. The van der Waals surface area contributed by atoms with Gasteiger partial charge in [0.05, 0.1) is 29.6 Å². The first-order chi connectivity index (χ1) is 12.7. The number of aromatic nitrogens is 5. The molecule has 0 aliphatic carbocycles. The van der Waals surface area contributed by atoms with Gasteiger partial charge in [-0.3, -0.25) is 9.20 Å². The van der Waals surface area contributed by atoms with Crippen LogP contribution < -0.4 is 0 Å². The van der Waals surface area contributed by atoms with E-state index in [1.165, 1.54) is 6.20 Å². The first-order valence-electron chi connectivity index (χ1n) is 8.72. The Morgan fingerprint density at radius 3 is 3.04 bits per heavy atom. The largest absolute Gasteiger partial charge is 0.351 e. The van der Waals surface area contributed by atoms with E-state index in [2.05, 4.69) is 26.4 Å². The molecule has 0 spiro atoms. The summed E-state index contributed by atoms with van der Waals surface area (Å²) < 4.78 is 7.19. The highest BCUT2D eigenvalue weighted by atomic mass is 16.5. The number of aromatic amines is 1. The van der Waals surface area contributed by atoms with Crippen LogP contribution in [0.1, 0.15) is 35.6 Å². The number of fused-ring (bicyclic) bond motifs is 3. The van der Waals surface area contributed by atoms with E-state index < -0.39 is 0 Å². The van der Waals surface area contributed by atoms with Crippen LogP contribution in [0.5, 0.6) is 0 Å². The lowest BCUT2D eigenvalue weighted by Crippen LogP contribution is -2.42. The van der Waals surface area contributed by atoms with Crippen LogP contribution in [0.3, 0.4) is 0 Å². The molecule has 0 radical (unpaired) electrons. The van der Waals surface area contributed by atoms with Gasteiger partial charge in [0, 0.05) is 31.3 Å². The fourth-order valence-electron chi connectivity index (χ4n) is 3.83. The summed E-state index contributed by atoms with van der Waals surface area (Å²) in [5.41, 5.74) is 2.79. The third kappa shape index (κ3) is 2.22. The van der Waals surface area contributed by atoms with Gasteiger partial charge in [-0.15, -0.1) is 0 Å². The fraction of sp³-hybridized carbons (Fsp3) is 0.333. The maximum Gasteiger partial charge on any atom is 0.292 e. The summed E-state index contributed by atoms with van der Waals surface area (Å²) in [6, 6.07) is 3.61. The molecule has 5 heterocycles. The molecular formula is C18H18N6O2. The van der Waals surface area contributed by atoms with E-state index in [4.69, 9.17) is 9.51 Å². The lowest BCUT2D eigenvalue weighted by atomic mass is 9.86. The Kier molecular flexibility index (Phi) is 3.31. The van der Waals surface area contributed by atoms with E-state index in [0.29, 0.717) is 19.0 Å². The Morgan fingerprint density at radius 2 is 2.19 bits per heavy atom. The molecule has 0 bridgehead atoms. The number of hydrogen-bond acceptors (Lipinski definition) is 5. The second kappa shape index (κ2) is 5.69. The number of hydrogen-bond donors (Lipinski definition) is 1. The highest BCUT2D eigenvalue weighted by Gasteiger charge is 2.34. The maximum atomic E-state index is 12.7. The maximum absolute atomic E-state index is 12.7. The van der Waals surface area contributed by atoms with Crippen LogP contribution >= 0.6 is 0 Å². The first-order valence-corrected chi connectivity index (χ1v) is 8.72. The van der Waals surface area contributed by atoms with E-state index >= 15 is 0 Å². The molecule has 1 N–H and O–H groups in total. The van der Waals surface area contributed by atoms with Gasteiger partial charge in [0.15, 0.2) is 5.65 Å². The number of rotatable bonds is 2. The summed E-state index contributed by atoms with van der Waals surface area (Å²) >= 11 is 0. The number of piperidine rings is 1. The zero-order valence-electron chi connectivity index (χ0n) is 14.3. The SMILES string of the molecule is C[C@@H]1CCN(C(=O)c2ccno2)C[C@@H]1c1ncc2cnc3[nH]ccc3n12. The number of amides is 1. The van der Waals surface area contributed by atoms with Crippen molar-refractivity contribution < 1.29 is 9.32 Å². The number of likely N-dealkylation sites (tertiary alicyclic amines) is 1. The van der Waals surface area contributed by atoms with Crippen molar-refractivity contribution in [2.45, 2.75) is 19.3 Å². The summed E-state index contributed by atoms with van der Waals surface area (Å²) in [4.78, 5) is 26.8. The second-order valence-electron chi connectivity index (χ2n) is 6.85. The van der Waals surface area contributed by atoms with Crippen molar-refractivity contribution >= 4 is 22.6 Å². The minimum Gasteiger partial charge on any atom is -0.351 e. The molecule has 8 nitrogen and oxygen atoms in total. The third-order valence-corrected chi connectivity index (χ3v) is 5.31. The second-order valence-corrected chi connectivity index (χ2v) is 6.85. The molecule has 8 heteroatoms. The van der Waals surface area contributed by atoms with Crippen molar-refractivity contribution in [3.8, 4) is 0 Å². The predicted octanol–water partition coefficient (Wildman–Crippen LogP) is 2.46. The summed E-state index contributed by atoms with van der Waals surface area (Å²) in [5, 5.41) is 3.64. The molecule has 26 heavy (non-hydrogen) atoms. The lowest BCUT2D eigenvalue weighted by molar-refractivity contribution is 0.0623. The molecule has 1 saturated heterocycles. The highest BCUT2D eigenvalue weighted by Crippen LogP contribution is 2.33. The van der Waals surface area contributed by atoms with Crippen molar-refractivity contribution in [1.29, 1.82) is 0 Å². The van der Waals surface area contributed by atoms with Crippen LogP contribution in [0.15, 0.2) is 41.4 Å². The summed E-state index contributed by atoms with van der Waals surface area (Å²) in [6.45, 7) is 3.53. The van der Waals surface area contributed by atoms with Crippen molar-refractivity contribution in [3.63, 3.8) is 0 Å². The predicted molar refractivity (Wildman–Crippen MR) is 93.8 cm³/mol. The van der Waals surface area contributed by atoms with Crippen LogP contribution in [0, 0.1) is 5.92 Å². The molecule has 1 aliphatic rings. The van der Waals surface area contributed by atoms with Crippen molar-refractivity contribution in [3.05, 3.63) is 48.5 Å². The van der Waals surface area contributed by atoms with Crippen LogP contribution in [0.2, 0.25) is 0 Å². The van der Waals surface area contributed by atoms with Gasteiger partial charge in [0.1, 0.15) is 5.82 Å². The Morgan fingerprint density at radius 1 is 1.31 bits per heavy atom. The van der Waals surface area contributed by atoms with Gasteiger partial charge in [0.2, 0.25) is 5.76 Å². The molecule has 132 valence electrons. The fourth-order valence-corrected chi connectivity index (χ4v) is 3.83. The van der Waals surface area contributed by atoms with E-state index in [1.54, 1.807) is 6.07 Å². The zero-order valence-corrected chi connectivity index (χ0v) is 14.3. The van der Waals surface area contributed by atoms with Gasteiger partial charge in [-0.25, -0.2) is 9.97 Å². The van der Waals surface area contributed by atoms with Crippen molar-refractivity contribution in [2.24, 2.45) is 5.92 Å². The Labute approximate surface area is 148 Å². The normalized spacial score (nSPS) is 20.9. The van der Waals surface area contributed by atoms with E-state index in [1.807, 2.05) is 29.6 Å². The molecule has 1 fully saturated rings. The van der Waals surface area contributed by atoms with Crippen LogP contribution in [0.25, 0.3) is 16.7 Å². The van der Waals surface area contributed by atoms with Crippen LogP contribution in [-0.2, 0) is 0 Å². The Hall–Kier alpha value is -3.16. The summed E-state index contributed by atoms with van der Waals surface area (Å²) in [6.07, 6.45) is 7.96. The molecule has 1 amide bonds. The van der Waals surface area contributed by atoms with E-state index in [0.717, 1.165) is 28.9 Å².